The molecule has 2 aliphatic rings. The highest BCUT2D eigenvalue weighted by atomic mass is 16.5. The molecule has 32 heavy (non-hydrogen) atoms. The van der Waals surface area contributed by atoms with E-state index in [1.807, 2.05) is 0 Å². The van der Waals surface area contributed by atoms with Crippen molar-refractivity contribution >= 4 is 11.9 Å². The fraction of sp³-hybridized carbons (Fsp3) is 0.652. The van der Waals surface area contributed by atoms with Crippen LogP contribution in [-0.4, -0.2) is 115 Å². The highest BCUT2D eigenvalue weighted by Crippen LogP contribution is 2.18. The monoisotopic (exact) mass is 452 g/mol. The van der Waals surface area contributed by atoms with Gasteiger partial charge in [-0.2, -0.15) is 0 Å². The Morgan fingerprint density at radius 2 is 1.22 bits per heavy atom. The van der Waals surface area contributed by atoms with Crippen LogP contribution in [0.25, 0.3) is 0 Å². The van der Waals surface area contributed by atoms with Crippen LogP contribution in [0.4, 0.5) is 0 Å². The van der Waals surface area contributed by atoms with Gasteiger partial charge in [-0.15, -0.1) is 0 Å². The van der Waals surface area contributed by atoms with Crippen molar-refractivity contribution < 1.29 is 24.5 Å². The van der Waals surface area contributed by atoms with Gasteiger partial charge in [-0.3, -0.25) is 19.6 Å². The first-order valence-electron chi connectivity index (χ1n) is 10.8. The minimum Gasteiger partial charge on any atom is -0.497 e. The Morgan fingerprint density at radius 1 is 0.812 bits per heavy atom. The van der Waals surface area contributed by atoms with Gasteiger partial charge in [0.2, 0.25) is 0 Å². The number of hydrogen-bond donors (Lipinski definition) is 2. The third-order valence-corrected chi connectivity index (χ3v) is 6.64. The molecule has 9 heteroatoms. The van der Waals surface area contributed by atoms with Crippen molar-refractivity contribution in [3.05, 3.63) is 29.3 Å². The highest BCUT2D eigenvalue weighted by molar-refractivity contribution is 6.01. The molecule has 0 aliphatic carbocycles. The molecule has 9 nitrogen and oxygen atoms in total. The minimum atomic E-state index is -1.29. The van der Waals surface area contributed by atoms with Crippen LogP contribution >= 0.6 is 0 Å². The zero-order valence-electron chi connectivity index (χ0n) is 20.9. The third-order valence-electron chi connectivity index (χ3n) is 6.64. The van der Waals surface area contributed by atoms with Gasteiger partial charge in [0.15, 0.2) is 0 Å². The van der Waals surface area contributed by atoms with E-state index in [0.717, 1.165) is 12.1 Å². The van der Waals surface area contributed by atoms with Crippen molar-refractivity contribution in [2.24, 2.45) is 0 Å². The Hall–Kier alpha value is -2.20. The second-order valence-electron chi connectivity index (χ2n) is 8.69. The predicted octanol–water partition coefficient (Wildman–Crippen LogP) is 2.29. The van der Waals surface area contributed by atoms with Crippen LogP contribution in [0.1, 0.15) is 48.4 Å². The molecule has 4 unspecified atom stereocenters. The molecule has 0 aromatic heterocycles. The lowest BCUT2D eigenvalue weighted by Crippen LogP contribution is -2.32. The second kappa shape index (κ2) is 12.2. The molecule has 2 saturated heterocycles. The lowest BCUT2D eigenvalue weighted by Gasteiger charge is -2.21. The number of methoxy groups -OCH3 is 1. The van der Waals surface area contributed by atoms with Crippen LogP contribution in [0.5, 0.6) is 5.75 Å². The molecule has 1 aromatic rings. The van der Waals surface area contributed by atoms with Gasteiger partial charge >= 0.3 is 11.9 Å². The number of benzene rings is 1. The van der Waals surface area contributed by atoms with Gasteiger partial charge in [0.05, 0.1) is 30.6 Å². The molecule has 2 aliphatic heterocycles. The summed E-state index contributed by atoms with van der Waals surface area (Å²) >= 11 is 0. The Labute approximate surface area is 192 Å². The lowest BCUT2D eigenvalue weighted by molar-refractivity contribution is 0.0651. The molecular weight excluding hydrogens is 412 g/mol. The number of carboxylic acid groups (broad SMARTS) is 2. The summed E-state index contributed by atoms with van der Waals surface area (Å²) in [7, 11) is 10.1. The number of ether oxygens (including phenoxy) is 1. The van der Waals surface area contributed by atoms with Gasteiger partial charge in [0, 0.05) is 25.2 Å². The summed E-state index contributed by atoms with van der Waals surface area (Å²) in [4.78, 5) is 30.8. The fourth-order valence-electron chi connectivity index (χ4n) is 3.77. The van der Waals surface area contributed by atoms with E-state index in [1.54, 1.807) is 0 Å². The maximum Gasteiger partial charge on any atom is 0.336 e. The third kappa shape index (κ3) is 7.16. The zero-order chi connectivity index (χ0) is 24.7. The van der Waals surface area contributed by atoms with E-state index in [1.165, 1.54) is 38.4 Å². The van der Waals surface area contributed by atoms with Crippen LogP contribution in [0.2, 0.25) is 0 Å². The first-order chi connectivity index (χ1) is 14.8. The summed E-state index contributed by atoms with van der Waals surface area (Å²) < 4.78 is 4.78. The smallest absolute Gasteiger partial charge is 0.336 e. The Kier molecular flexibility index (Phi) is 10.6. The predicted molar refractivity (Wildman–Crippen MR) is 126 cm³/mol. The lowest BCUT2D eigenvalue weighted by atomic mass is 10.1. The summed E-state index contributed by atoms with van der Waals surface area (Å²) in [5.41, 5.74) is -0.532. The number of carbonyl (C=O) groups is 2. The molecule has 2 heterocycles. The maximum atomic E-state index is 10.7. The van der Waals surface area contributed by atoms with Crippen molar-refractivity contribution in [2.75, 3.05) is 48.4 Å². The van der Waals surface area contributed by atoms with Crippen molar-refractivity contribution in [3.8, 4) is 5.75 Å². The molecule has 1 aromatic carbocycles. The number of aromatic carboxylic acids is 2. The molecule has 0 saturated carbocycles. The largest absolute Gasteiger partial charge is 0.497 e. The standard InChI is InChI=1S/C9H8O5.2C7H16N2/c1-14-5-2-3-6(8(10)11)7(4-5)9(12)13;2*1-6-5-8(3)7(2)9(6)4/h2-4H,1H3,(H,10,11)(H,12,13);2*6-7H,5H2,1-4H3. The van der Waals surface area contributed by atoms with Crippen LogP contribution in [0.3, 0.4) is 0 Å². The molecule has 2 fully saturated rings. The summed E-state index contributed by atoms with van der Waals surface area (Å²) in [5.74, 6) is -2.25. The van der Waals surface area contributed by atoms with E-state index < -0.39 is 11.9 Å². The van der Waals surface area contributed by atoms with Gasteiger partial charge in [-0.25, -0.2) is 9.59 Å². The van der Waals surface area contributed by atoms with Crippen molar-refractivity contribution in [1.82, 2.24) is 19.6 Å². The average molecular weight is 453 g/mol. The van der Waals surface area contributed by atoms with E-state index in [9.17, 15) is 9.59 Å². The fourth-order valence-corrected chi connectivity index (χ4v) is 3.77. The Balaban J connectivity index is 0.000000250. The summed E-state index contributed by atoms with van der Waals surface area (Å²) in [5, 5.41) is 17.4. The van der Waals surface area contributed by atoms with Crippen LogP contribution in [0.15, 0.2) is 18.2 Å². The number of hydrogen-bond acceptors (Lipinski definition) is 7. The van der Waals surface area contributed by atoms with E-state index in [2.05, 4.69) is 75.5 Å². The SMILES string of the molecule is CC1CN(C)C(C)N1C.CC1CN(C)C(C)N1C.COc1ccc(C(=O)O)c(C(=O)O)c1. The molecule has 0 bridgehead atoms. The molecule has 4 atom stereocenters. The van der Waals surface area contributed by atoms with Crippen molar-refractivity contribution in [2.45, 2.75) is 52.1 Å². The minimum absolute atomic E-state index is 0.252. The first-order valence-corrected chi connectivity index (χ1v) is 10.8. The summed E-state index contributed by atoms with van der Waals surface area (Å²) in [6, 6.07) is 5.22. The second-order valence-corrected chi connectivity index (χ2v) is 8.69. The Morgan fingerprint density at radius 3 is 1.44 bits per heavy atom. The van der Waals surface area contributed by atoms with E-state index in [-0.39, 0.29) is 11.1 Å². The summed E-state index contributed by atoms with van der Waals surface area (Å²) in [6.07, 6.45) is 1.25. The summed E-state index contributed by atoms with van der Waals surface area (Å²) in [6.45, 7) is 11.4. The van der Waals surface area contributed by atoms with Crippen molar-refractivity contribution in [3.63, 3.8) is 0 Å². The molecule has 0 radical (unpaired) electrons. The molecule has 182 valence electrons. The topological polar surface area (TPSA) is 96.8 Å². The normalized spacial score (nSPS) is 26.7. The number of likely N-dealkylation sites (N-methyl/N-ethyl adjacent to an activating group) is 4. The zero-order valence-corrected chi connectivity index (χ0v) is 20.9. The van der Waals surface area contributed by atoms with Crippen LogP contribution in [0, 0.1) is 0 Å². The van der Waals surface area contributed by atoms with Crippen molar-refractivity contribution in [1.29, 1.82) is 0 Å². The molecule has 0 spiro atoms. The maximum absolute atomic E-state index is 10.7. The first kappa shape index (κ1) is 27.8. The van der Waals surface area contributed by atoms with Gasteiger partial charge in [-0.1, -0.05) is 0 Å². The van der Waals surface area contributed by atoms with E-state index in [0.29, 0.717) is 18.1 Å². The van der Waals surface area contributed by atoms with Crippen LogP contribution < -0.4 is 4.74 Å². The quantitative estimate of drug-likeness (QED) is 0.716. The highest BCUT2D eigenvalue weighted by Gasteiger charge is 2.28. The van der Waals surface area contributed by atoms with E-state index >= 15 is 0 Å². The molecule has 2 N–H and O–H groups in total. The number of rotatable bonds is 3. The van der Waals surface area contributed by atoms with Crippen LogP contribution in [-0.2, 0) is 0 Å². The average Bonchev–Trinajstić information content (AvgIpc) is 3.10. The number of carboxylic acids is 2. The van der Waals surface area contributed by atoms with Gasteiger partial charge in [0.1, 0.15) is 5.75 Å². The molecule has 3 rings (SSSR count). The number of nitrogens with zero attached hydrogens (tertiary/aromatic N) is 4. The Bertz CT molecular complexity index is 725. The van der Waals surface area contributed by atoms with E-state index in [4.69, 9.17) is 14.9 Å². The molecule has 0 amide bonds. The molecular formula is C23H40N4O5. The van der Waals surface area contributed by atoms with Gasteiger partial charge < -0.3 is 14.9 Å². The van der Waals surface area contributed by atoms with Gasteiger partial charge in [0.25, 0.3) is 0 Å². The van der Waals surface area contributed by atoms with Gasteiger partial charge in [-0.05, 0) is 74.1 Å².